The Kier molecular flexibility index (Phi) is 3.29. The second-order valence-corrected chi connectivity index (χ2v) is 7.54. The van der Waals surface area contributed by atoms with E-state index in [-0.39, 0.29) is 28.3 Å². The van der Waals surface area contributed by atoms with E-state index in [1.807, 2.05) is 13.8 Å². The van der Waals surface area contributed by atoms with Crippen LogP contribution in [-0.4, -0.2) is 29.2 Å². The molecular weight excluding hydrogens is 280 g/mol. The molecule has 0 aromatic heterocycles. The van der Waals surface area contributed by atoms with Crippen molar-refractivity contribution in [3.63, 3.8) is 0 Å². The van der Waals surface area contributed by atoms with Gasteiger partial charge in [0.05, 0.1) is 13.2 Å². The minimum Gasteiger partial charge on any atom is -0.504 e. The maximum atomic E-state index is 12.6. The lowest BCUT2D eigenvalue weighted by atomic mass is 9.49. The van der Waals surface area contributed by atoms with Crippen LogP contribution in [0, 0.1) is 11.3 Å². The summed E-state index contributed by atoms with van der Waals surface area (Å²) in [7, 11) is 1.49. The first-order valence-corrected chi connectivity index (χ1v) is 7.84. The Morgan fingerprint density at radius 2 is 1.95 bits per heavy atom. The molecule has 0 spiro atoms. The number of Topliss-reactive ketones (excluding diaryl/α,β-unsaturated/α-hetero) is 1. The summed E-state index contributed by atoms with van der Waals surface area (Å²) in [6.45, 7) is 6.24. The zero-order chi connectivity index (χ0) is 16.3. The summed E-state index contributed by atoms with van der Waals surface area (Å²) >= 11 is 0. The Bertz CT molecular complexity index is 634. The summed E-state index contributed by atoms with van der Waals surface area (Å²) in [5.74, 6) is 0.540. The fourth-order valence-electron chi connectivity index (χ4n) is 4.58. The number of methoxy groups -OCH3 is 1. The van der Waals surface area contributed by atoms with Gasteiger partial charge in [0, 0.05) is 12.0 Å². The van der Waals surface area contributed by atoms with E-state index in [1.165, 1.54) is 7.11 Å². The summed E-state index contributed by atoms with van der Waals surface area (Å²) in [6, 6.07) is 3.35. The summed E-state index contributed by atoms with van der Waals surface area (Å²) in [5.41, 5.74) is 1.01. The van der Waals surface area contributed by atoms with E-state index in [9.17, 15) is 15.0 Å². The Morgan fingerprint density at radius 3 is 2.59 bits per heavy atom. The first-order valence-electron chi connectivity index (χ1n) is 7.84. The average molecular weight is 304 g/mol. The number of hydrogen-bond donors (Lipinski definition) is 2. The Hall–Kier alpha value is -1.55. The number of benzene rings is 1. The quantitative estimate of drug-likeness (QED) is 0.837. The number of phenolic OH excluding ortho intramolecular Hbond substituents is 1. The lowest BCUT2D eigenvalue weighted by Gasteiger charge is -2.55. The Balaban J connectivity index is 2.20. The third-order valence-electron chi connectivity index (χ3n) is 6.09. The molecule has 1 saturated carbocycles. The molecule has 120 valence electrons. The predicted octanol–water partition coefficient (Wildman–Crippen LogP) is 3.04. The maximum absolute atomic E-state index is 12.6. The Labute approximate surface area is 131 Å². The molecule has 22 heavy (non-hydrogen) atoms. The van der Waals surface area contributed by atoms with Gasteiger partial charge in [-0.15, -0.1) is 0 Å². The molecule has 4 heteroatoms. The molecule has 0 saturated heterocycles. The van der Waals surface area contributed by atoms with Crippen molar-refractivity contribution >= 4 is 5.78 Å². The lowest BCUT2D eigenvalue weighted by Crippen LogP contribution is -2.54. The maximum Gasteiger partial charge on any atom is 0.163 e. The van der Waals surface area contributed by atoms with Crippen molar-refractivity contribution in [2.45, 2.75) is 51.6 Å². The summed E-state index contributed by atoms with van der Waals surface area (Å²) in [5, 5.41) is 20.5. The first-order chi connectivity index (χ1) is 10.2. The van der Waals surface area contributed by atoms with Gasteiger partial charge in [-0.3, -0.25) is 4.79 Å². The number of aromatic hydroxyl groups is 1. The highest BCUT2D eigenvalue weighted by atomic mass is 16.5. The van der Waals surface area contributed by atoms with Gasteiger partial charge in [0.2, 0.25) is 0 Å². The largest absolute Gasteiger partial charge is 0.504 e. The van der Waals surface area contributed by atoms with Gasteiger partial charge in [-0.25, -0.2) is 0 Å². The van der Waals surface area contributed by atoms with Crippen LogP contribution in [0.25, 0.3) is 0 Å². The molecule has 0 aliphatic heterocycles. The van der Waals surface area contributed by atoms with Gasteiger partial charge >= 0.3 is 0 Å². The van der Waals surface area contributed by atoms with Crippen LogP contribution in [0.5, 0.6) is 11.5 Å². The van der Waals surface area contributed by atoms with Crippen molar-refractivity contribution in [2.75, 3.05) is 7.11 Å². The second-order valence-electron chi connectivity index (χ2n) is 7.54. The number of ketones is 1. The Morgan fingerprint density at radius 1 is 1.27 bits per heavy atom. The van der Waals surface area contributed by atoms with Crippen LogP contribution in [0.15, 0.2) is 12.1 Å². The molecule has 0 bridgehead atoms. The van der Waals surface area contributed by atoms with Gasteiger partial charge in [-0.05, 0) is 47.3 Å². The molecule has 2 aliphatic carbocycles. The number of aliphatic hydroxyl groups excluding tert-OH is 1. The molecule has 3 rings (SSSR count). The molecule has 0 heterocycles. The third-order valence-corrected chi connectivity index (χ3v) is 6.09. The van der Waals surface area contributed by atoms with Gasteiger partial charge in [0.15, 0.2) is 17.3 Å². The van der Waals surface area contributed by atoms with Gasteiger partial charge in [0.25, 0.3) is 0 Å². The highest BCUT2D eigenvalue weighted by molar-refractivity contribution is 6.00. The van der Waals surface area contributed by atoms with Gasteiger partial charge < -0.3 is 14.9 Å². The van der Waals surface area contributed by atoms with Crippen LogP contribution in [0.3, 0.4) is 0 Å². The molecule has 2 N–H and O–H groups in total. The van der Waals surface area contributed by atoms with Gasteiger partial charge in [-0.1, -0.05) is 20.8 Å². The van der Waals surface area contributed by atoms with Gasteiger partial charge in [0.1, 0.15) is 0 Å². The van der Waals surface area contributed by atoms with Crippen molar-refractivity contribution in [3.05, 3.63) is 23.3 Å². The van der Waals surface area contributed by atoms with Crippen molar-refractivity contribution in [1.82, 2.24) is 0 Å². The van der Waals surface area contributed by atoms with E-state index in [0.29, 0.717) is 24.2 Å². The number of phenols is 1. The van der Waals surface area contributed by atoms with Crippen LogP contribution < -0.4 is 4.74 Å². The molecule has 4 nitrogen and oxygen atoms in total. The van der Waals surface area contributed by atoms with E-state index in [2.05, 4.69) is 6.92 Å². The van der Waals surface area contributed by atoms with E-state index in [4.69, 9.17) is 4.74 Å². The van der Waals surface area contributed by atoms with Gasteiger partial charge in [-0.2, -0.15) is 0 Å². The van der Waals surface area contributed by atoms with Crippen molar-refractivity contribution in [2.24, 2.45) is 11.3 Å². The zero-order valence-electron chi connectivity index (χ0n) is 13.6. The second kappa shape index (κ2) is 4.72. The minimum absolute atomic E-state index is 0.0662. The molecular formula is C18H24O4. The van der Waals surface area contributed by atoms with E-state index < -0.39 is 6.10 Å². The topological polar surface area (TPSA) is 66.8 Å². The standard InChI is InChI=1S/C18H24O4/c1-17(2)15-9-12(19)10-7-14(22-4)13(20)8-11(10)18(15,3)6-5-16(17)21/h7-8,15-16,20-21H,5-6,9H2,1-4H3/t15-,16+,18+/m1/s1. The van der Waals surface area contributed by atoms with Crippen molar-refractivity contribution in [3.8, 4) is 11.5 Å². The lowest BCUT2D eigenvalue weighted by molar-refractivity contribution is -0.0687. The molecule has 1 aromatic rings. The van der Waals surface area contributed by atoms with Crippen LogP contribution in [0.4, 0.5) is 0 Å². The first kappa shape index (κ1) is 15.3. The predicted molar refractivity (Wildman–Crippen MR) is 83.5 cm³/mol. The van der Waals surface area contributed by atoms with E-state index in [0.717, 1.165) is 12.0 Å². The minimum atomic E-state index is -0.397. The summed E-state index contributed by atoms with van der Waals surface area (Å²) in [6.07, 6.45) is 1.56. The molecule has 0 amide bonds. The van der Waals surface area contributed by atoms with E-state index in [1.54, 1.807) is 12.1 Å². The van der Waals surface area contributed by atoms with Crippen LogP contribution in [0.1, 0.15) is 56.0 Å². The third kappa shape index (κ3) is 1.89. The van der Waals surface area contributed by atoms with Crippen molar-refractivity contribution < 1.29 is 19.7 Å². The fourth-order valence-corrected chi connectivity index (χ4v) is 4.58. The zero-order valence-corrected chi connectivity index (χ0v) is 13.6. The number of hydrogen-bond acceptors (Lipinski definition) is 4. The van der Waals surface area contributed by atoms with Crippen LogP contribution in [-0.2, 0) is 5.41 Å². The van der Waals surface area contributed by atoms with Crippen LogP contribution >= 0.6 is 0 Å². The average Bonchev–Trinajstić information content (AvgIpc) is 2.46. The molecule has 3 atom stereocenters. The fraction of sp³-hybridized carbons (Fsp3) is 0.611. The number of fused-ring (bicyclic) bond motifs is 3. The van der Waals surface area contributed by atoms with E-state index >= 15 is 0 Å². The van der Waals surface area contributed by atoms with Crippen molar-refractivity contribution in [1.29, 1.82) is 0 Å². The molecule has 0 radical (unpaired) electrons. The molecule has 2 aliphatic rings. The monoisotopic (exact) mass is 304 g/mol. The number of aliphatic hydroxyl groups is 1. The SMILES string of the molecule is COc1cc2c(cc1O)[C@]1(C)CC[C@H](O)C(C)(C)[C@H]1CC2=O. The highest BCUT2D eigenvalue weighted by Crippen LogP contribution is 2.57. The smallest absolute Gasteiger partial charge is 0.163 e. The number of rotatable bonds is 1. The highest BCUT2D eigenvalue weighted by Gasteiger charge is 2.55. The summed E-state index contributed by atoms with van der Waals surface area (Å²) < 4.78 is 5.14. The normalized spacial score (nSPS) is 33.0. The summed E-state index contributed by atoms with van der Waals surface area (Å²) in [4.78, 5) is 12.6. The number of carbonyl (C=O) groups is 1. The molecule has 1 fully saturated rings. The van der Waals surface area contributed by atoms with Crippen LogP contribution in [0.2, 0.25) is 0 Å². The molecule has 0 unspecified atom stereocenters. The number of ether oxygens (including phenoxy) is 1. The number of carbonyl (C=O) groups excluding carboxylic acids is 1. The molecule has 1 aromatic carbocycles.